The average Bonchev–Trinajstić information content (AvgIpc) is 2.97. The van der Waals surface area contributed by atoms with Crippen LogP contribution in [0, 0.1) is 0 Å². The second-order valence-corrected chi connectivity index (χ2v) is 5.85. The minimum atomic E-state index is -0.274. The maximum Gasteiger partial charge on any atom is 0.283 e. The molecule has 0 saturated carbocycles. The summed E-state index contributed by atoms with van der Waals surface area (Å²) >= 11 is 3.32. The summed E-state index contributed by atoms with van der Waals surface area (Å²) in [5, 5.41) is 25.7. The monoisotopic (exact) mass is 360 g/mol. The van der Waals surface area contributed by atoms with E-state index >= 15 is 0 Å². The molecular weight excluding hydrogens is 340 g/mol. The van der Waals surface area contributed by atoms with Gasteiger partial charge in [0.2, 0.25) is 0 Å². The summed E-state index contributed by atoms with van der Waals surface area (Å²) in [6.07, 6.45) is 3.84. The van der Waals surface area contributed by atoms with Crippen LogP contribution in [0.4, 0.5) is 5.69 Å². The summed E-state index contributed by atoms with van der Waals surface area (Å²) in [6, 6.07) is 0.364. The zero-order valence-electron chi connectivity index (χ0n) is 11.8. The van der Waals surface area contributed by atoms with Gasteiger partial charge in [-0.1, -0.05) is 0 Å². The van der Waals surface area contributed by atoms with Gasteiger partial charge in [0.15, 0.2) is 0 Å². The van der Waals surface area contributed by atoms with Crippen molar-refractivity contribution in [2.24, 2.45) is 0 Å². The van der Waals surface area contributed by atoms with E-state index in [1.807, 2.05) is 4.90 Å². The van der Waals surface area contributed by atoms with Crippen LogP contribution in [-0.4, -0.2) is 58.9 Å². The Morgan fingerprint density at radius 1 is 1.48 bits per heavy atom. The summed E-state index contributed by atoms with van der Waals surface area (Å²) < 4.78 is 1.64. The first-order valence-corrected chi connectivity index (χ1v) is 7.92. The maximum atomic E-state index is 12.2. The second kappa shape index (κ2) is 7.88. The van der Waals surface area contributed by atoms with E-state index in [0.29, 0.717) is 22.7 Å². The lowest BCUT2D eigenvalue weighted by atomic mass is 10.2. The zero-order valence-corrected chi connectivity index (χ0v) is 13.4. The van der Waals surface area contributed by atoms with Crippen molar-refractivity contribution in [2.45, 2.75) is 25.4 Å². The highest BCUT2D eigenvalue weighted by Crippen LogP contribution is 2.22. The van der Waals surface area contributed by atoms with Crippen LogP contribution < -0.4 is 15.8 Å². The predicted molar refractivity (Wildman–Crippen MR) is 83.6 cm³/mol. The average molecular weight is 361 g/mol. The Labute approximate surface area is 131 Å². The van der Waals surface area contributed by atoms with Crippen LogP contribution in [0.3, 0.4) is 0 Å². The van der Waals surface area contributed by atoms with Crippen molar-refractivity contribution in [3.63, 3.8) is 0 Å². The molecule has 0 radical (unpaired) electrons. The summed E-state index contributed by atoms with van der Waals surface area (Å²) in [4.78, 5) is 14.1. The Kier molecular flexibility index (Phi) is 6.16. The number of rotatable bonds is 7. The van der Waals surface area contributed by atoms with Crippen LogP contribution >= 0.6 is 15.9 Å². The van der Waals surface area contributed by atoms with Gasteiger partial charge < -0.3 is 20.4 Å². The van der Waals surface area contributed by atoms with Crippen LogP contribution in [0.15, 0.2) is 15.5 Å². The molecule has 8 heteroatoms. The van der Waals surface area contributed by atoms with E-state index in [1.54, 1.807) is 6.20 Å². The molecule has 0 amide bonds. The van der Waals surface area contributed by atoms with Crippen LogP contribution in [-0.2, 0) is 6.54 Å². The smallest absolute Gasteiger partial charge is 0.283 e. The van der Waals surface area contributed by atoms with Gasteiger partial charge in [0.1, 0.15) is 4.47 Å². The first-order chi connectivity index (χ1) is 10.2. The number of halogens is 1. The fraction of sp³-hybridized carbons (Fsp3) is 0.692. The normalized spacial score (nSPS) is 18.1. The van der Waals surface area contributed by atoms with Gasteiger partial charge in [-0.15, -0.1) is 0 Å². The second-order valence-electron chi connectivity index (χ2n) is 5.06. The Bertz CT molecular complexity index is 517. The van der Waals surface area contributed by atoms with Crippen molar-refractivity contribution in [3.8, 4) is 0 Å². The summed E-state index contributed by atoms with van der Waals surface area (Å²) in [5.74, 6) is 0. The highest BCUT2D eigenvalue weighted by molar-refractivity contribution is 9.10. The summed E-state index contributed by atoms with van der Waals surface area (Å²) in [7, 11) is 0. The van der Waals surface area contributed by atoms with Gasteiger partial charge in [-0.2, -0.15) is 5.10 Å². The topological polar surface area (TPSA) is 90.6 Å². The van der Waals surface area contributed by atoms with Crippen molar-refractivity contribution in [2.75, 3.05) is 37.7 Å². The van der Waals surface area contributed by atoms with E-state index in [0.717, 1.165) is 25.9 Å². The maximum absolute atomic E-state index is 12.2. The lowest BCUT2D eigenvalue weighted by Gasteiger charge is -2.27. The largest absolute Gasteiger partial charge is 0.395 e. The molecule has 1 atom stereocenters. The predicted octanol–water partition coefficient (Wildman–Crippen LogP) is -0.451. The summed E-state index contributed by atoms with van der Waals surface area (Å²) in [6.45, 7) is 2.23. The van der Waals surface area contributed by atoms with Crippen molar-refractivity contribution in [3.05, 3.63) is 21.0 Å². The molecule has 1 aliphatic heterocycles. The molecule has 1 unspecified atom stereocenters. The number of nitrogens with one attached hydrogen (secondary N) is 1. The number of aromatic nitrogens is 2. The molecule has 2 rings (SSSR count). The number of nitrogens with zero attached hydrogens (tertiary/aromatic N) is 3. The third kappa shape index (κ3) is 4.03. The third-order valence-corrected chi connectivity index (χ3v) is 4.34. The van der Waals surface area contributed by atoms with E-state index in [4.69, 9.17) is 5.11 Å². The molecule has 0 spiro atoms. The van der Waals surface area contributed by atoms with Crippen molar-refractivity contribution in [1.82, 2.24) is 15.1 Å². The quantitative estimate of drug-likeness (QED) is 0.610. The highest BCUT2D eigenvalue weighted by Gasteiger charge is 2.21. The summed E-state index contributed by atoms with van der Waals surface area (Å²) in [5.41, 5.74) is 0.404. The van der Waals surface area contributed by atoms with E-state index in [1.165, 1.54) is 4.68 Å². The van der Waals surface area contributed by atoms with Gasteiger partial charge in [0, 0.05) is 19.1 Å². The van der Waals surface area contributed by atoms with E-state index in [-0.39, 0.29) is 25.3 Å². The van der Waals surface area contributed by atoms with E-state index < -0.39 is 0 Å². The fourth-order valence-corrected chi connectivity index (χ4v) is 3.10. The van der Waals surface area contributed by atoms with Gasteiger partial charge in [-0.05, 0) is 35.3 Å². The Morgan fingerprint density at radius 3 is 2.90 bits per heavy atom. The molecule has 3 N–H and O–H groups in total. The van der Waals surface area contributed by atoms with E-state index in [2.05, 4.69) is 26.3 Å². The molecule has 118 valence electrons. The molecule has 1 aliphatic rings. The molecule has 7 nitrogen and oxygen atoms in total. The Balaban J connectivity index is 2.22. The Hall–Kier alpha value is -0.960. The fourth-order valence-electron chi connectivity index (χ4n) is 2.54. The number of hydrogen-bond acceptors (Lipinski definition) is 6. The minimum Gasteiger partial charge on any atom is -0.395 e. The first kappa shape index (κ1) is 16.4. The Morgan fingerprint density at radius 2 is 2.29 bits per heavy atom. The number of hydrogen-bond donors (Lipinski definition) is 3. The van der Waals surface area contributed by atoms with Gasteiger partial charge in [-0.3, -0.25) is 4.79 Å². The molecule has 21 heavy (non-hydrogen) atoms. The van der Waals surface area contributed by atoms with Gasteiger partial charge in [0.05, 0.1) is 31.6 Å². The molecule has 0 bridgehead atoms. The minimum absolute atomic E-state index is 0.0128. The molecule has 1 saturated heterocycles. The van der Waals surface area contributed by atoms with Crippen LogP contribution in [0.25, 0.3) is 0 Å². The molecule has 0 aliphatic carbocycles. The van der Waals surface area contributed by atoms with Gasteiger partial charge in [-0.25, -0.2) is 4.68 Å². The molecular formula is C13H21BrN4O3. The van der Waals surface area contributed by atoms with Gasteiger partial charge in [0.25, 0.3) is 5.56 Å². The molecule has 1 aromatic heterocycles. The molecule has 0 aromatic carbocycles. The van der Waals surface area contributed by atoms with Crippen molar-refractivity contribution in [1.29, 1.82) is 0 Å². The van der Waals surface area contributed by atoms with Crippen molar-refractivity contribution < 1.29 is 10.2 Å². The molecule has 1 aromatic rings. The molecule has 1 fully saturated rings. The first-order valence-electron chi connectivity index (χ1n) is 7.13. The van der Waals surface area contributed by atoms with Crippen LogP contribution in [0.2, 0.25) is 0 Å². The standard InChI is InChI=1S/C13H21BrN4O3/c14-12-11(8-16-18(5-7-20)13(12)21)17(4-6-19)9-10-2-1-3-15-10/h8,10,15,19-20H,1-7,9H2. The highest BCUT2D eigenvalue weighted by atomic mass is 79.9. The molecule has 2 heterocycles. The van der Waals surface area contributed by atoms with Crippen molar-refractivity contribution >= 4 is 21.6 Å². The lowest BCUT2D eigenvalue weighted by molar-refractivity contribution is 0.266. The SMILES string of the molecule is O=c1c(Br)c(N(CCO)CC2CCCN2)cnn1CCO. The third-order valence-electron chi connectivity index (χ3n) is 3.59. The van der Waals surface area contributed by atoms with Crippen LogP contribution in [0.5, 0.6) is 0 Å². The number of aliphatic hydroxyl groups is 2. The lowest BCUT2D eigenvalue weighted by Crippen LogP contribution is -2.40. The number of aliphatic hydroxyl groups excluding tert-OH is 2. The zero-order chi connectivity index (χ0) is 15.2. The van der Waals surface area contributed by atoms with Crippen LogP contribution in [0.1, 0.15) is 12.8 Å². The van der Waals surface area contributed by atoms with E-state index in [9.17, 15) is 9.90 Å². The number of anilines is 1. The van der Waals surface area contributed by atoms with Gasteiger partial charge >= 0.3 is 0 Å².